The monoisotopic (exact) mass is 380 g/mol. The van der Waals surface area contributed by atoms with E-state index in [2.05, 4.69) is 4.90 Å². The zero-order valence-corrected chi connectivity index (χ0v) is 15.2. The molecule has 1 fully saturated rings. The molecule has 1 aromatic heterocycles. The van der Waals surface area contributed by atoms with Gasteiger partial charge in [-0.2, -0.15) is 4.31 Å². The van der Waals surface area contributed by atoms with Crippen LogP contribution >= 0.6 is 22.9 Å². The summed E-state index contributed by atoms with van der Waals surface area (Å²) in [7, 11) is -3.46. The third kappa shape index (κ3) is 5.42. The molecule has 0 amide bonds. The van der Waals surface area contributed by atoms with Gasteiger partial charge in [-0.15, -0.1) is 11.3 Å². The number of halogens is 1. The summed E-state index contributed by atoms with van der Waals surface area (Å²) < 4.78 is 27.5. The van der Waals surface area contributed by atoms with Gasteiger partial charge in [0.2, 0.25) is 0 Å². The molecule has 9 heteroatoms. The maximum absolute atomic E-state index is 12.6. The topological polar surface area (TPSA) is 77.9 Å². The van der Waals surface area contributed by atoms with Crippen molar-refractivity contribution in [1.29, 1.82) is 0 Å². The average Bonchev–Trinajstić information content (AvgIpc) is 2.79. The van der Waals surface area contributed by atoms with Crippen LogP contribution in [-0.2, 0) is 14.8 Å². The van der Waals surface area contributed by atoms with Crippen LogP contribution in [-0.4, -0.2) is 61.4 Å². The van der Waals surface area contributed by atoms with Gasteiger partial charge in [0.1, 0.15) is 4.21 Å². The second kappa shape index (κ2) is 8.43. The molecule has 0 unspecified atom stereocenters. The summed E-state index contributed by atoms with van der Waals surface area (Å²) in [5.41, 5.74) is 0. The predicted octanol–water partition coefficient (Wildman–Crippen LogP) is 2.35. The minimum Gasteiger partial charge on any atom is -0.481 e. The van der Waals surface area contributed by atoms with E-state index in [0.717, 1.165) is 37.3 Å². The van der Waals surface area contributed by atoms with Gasteiger partial charge in [-0.05, 0) is 44.5 Å². The first-order valence-corrected chi connectivity index (χ1v) is 10.2. The molecule has 23 heavy (non-hydrogen) atoms. The SMILES string of the molecule is O=C(O)CCCCN1CCCN(S(=O)(=O)c2ccc(Cl)s2)CC1. The van der Waals surface area contributed by atoms with E-state index >= 15 is 0 Å². The maximum atomic E-state index is 12.6. The number of nitrogens with zero attached hydrogens (tertiary/aromatic N) is 2. The van der Waals surface area contributed by atoms with Crippen molar-refractivity contribution >= 4 is 38.9 Å². The molecular formula is C14H21ClN2O4S2. The summed E-state index contributed by atoms with van der Waals surface area (Å²) in [6.45, 7) is 3.28. The van der Waals surface area contributed by atoms with E-state index in [4.69, 9.17) is 16.7 Å². The highest BCUT2D eigenvalue weighted by Crippen LogP contribution is 2.28. The van der Waals surface area contributed by atoms with E-state index in [9.17, 15) is 13.2 Å². The number of carboxylic acids is 1. The fourth-order valence-corrected chi connectivity index (χ4v) is 5.69. The van der Waals surface area contributed by atoms with Crippen LogP contribution < -0.4 is 0 Å². The smallest absolute Gasteiger partial charge is 0.303 e. The molecular weight excluding hydrogens is 360 g/mol. The summed E-state index contributed by atoms with van der Waals surface area (Å²) in [6.07, 6.45) is 2.44. The fourth-order valence-electron chi connectivity index (χ4n) is 2.59. The van der Waals surface area contributed by atoms with Crippen LogP contribution in [0.2, 0.25) is 4.34 Å². The van der Waals surface area contributed by atoms with Crippen molar-refractivity contribution in [3.63, 3.8) is 0 Å². The van der Waals surface area contributed by atoms with Gasteiger partial charge >= 0.3 is 5.97 Å². The minimum absolute atomic E-state index is 0.188. The van der Waals surface area contributed by atoms with Gasteiger partial charge in [0.25, 0.3) is 10.0 Å². The Balaban J connectivity index is 1.87. The Bertz CT molecular complexity index is 632. The normalized spacial score (nSPS) is 18.0. The number of hydrogen-bond donors (Lipinski definition) is 1. The van der Waals surface area contributed by atoms with E-state index < -0.39 is 16.0 Å². The molecule has 0 bridgehead atoms. The third-order valence-electron chi connectivity index (χ3n) is 3.81. The molecule has 0 aliphatic carbocycles. The molecule has 2 heterocycles. The number of carboxylic acid groups (broad SMARTS) is 1. The largest absolute Gasteiger partial charge is 0.481 e. The highest BCUT2D eigenvalue weighted by Gasteiger charge is 2.28. The van der Waals surface area contributed by atoms with Gasteiger partial charge in [0.15, 0.2) is 0 Å². The van der Waals surface area contributed by atoms with Crippen molar-refractivity contribution in [2.45, 2.75) is 29.9 Å². The van der Waals surface area contributed by atoms with Crippen LogP contribution in [0.15, 0.2) is 16.3 Å². The molecule has 0 spiro atoms. The first-order chi connectivity index (χ1) is 10.9. The van der Waals surface area contributed by atoms with Gasteiger partial charge in [0.05, 0.1) is 4.34 Å². The van der Waals surface area contributed by atoms with E-state index in [1.165, 1.54) is 4.31 Å². The molecule has 130 valence electrons. The number of thiophene rings is 1. The van der Waals surface area contributed by atoms with Crippen LogP contribution in [0.4, 0.5) is 0 Å². The fraction of sp³-hybridized carbons (Fsp3) is 0.643. The lowest BCUT2D eigenvalue weighted by molar-refractivity contribution is -0.137. The molecule has 1 saturated heterocycles. The summed E-state index contributed by atoms with van der Waals surface area (Å²) in [6, 6.07) is 3.16. The van der Waals surface area contributed by atoms with Crippen molar-refractivity contribution in [3.05, 3.63) is 16.5 Å². The van der Waals surface area contributed by atoms with Crippen LogP contribution in [0, 0.1) is 0 Å². The van der Waals surface area contributed by atoms with Gasteiger partial charge in [-0.1, -0.05) is 11.6 Å². The van der Waals surface area contributed by atoms with Crippen LogP contribution in [0.25, 0.3) is 0 Å². The molecule has 6 nitrogen and oxygen atoms in total. The lowest BCUT2D eigenvalue weighted by Crippen LogP contribution is -2.35. The van der Waals surface area contributed by atoms with Crippen LogP contribution in [0.5, 0.6) is 0 Å². The molecule has 0 atom stereocenters. The van der Waals surface area contributed by atoms with Crippen LogP contribution in [0.1, 0.15) is 25.7 Å². The summed E-state index contributed by atoms with van der Waals surface area (Å²) in [5.74, 6) is -0.771. The van der Waals surface area contributed by atoms with Gasteiger partial charge in [-0.25, -0.2) is 8.42 Å². The zero-order chi connectivity index (χ0) is 16.9. The Morgan fingerprint density at radius 2 is 2.00 bits per heavy atom. The lowest BCUT2D eigenvalue weighted by atomic mass is 10.2. The highest BCUT2D eigenvalue weighted by atomic mass is 35.5. The van der Waals surface area contributed by atoms with Crippen LogP contribution in [0.3, 0.4) is 0 Å². The predicted molar refractivity (Wildman–Crippen MR) is 90.6 cm³/mol. The first kappa shape index (κ1) is 18.7. The van der Waals surface area contributed by atoms with E-state index in [1.807, 2.05) is 0 Å². The van der Waals surface area contributed by atoms with Crippen molar-refractivity contribution in [1.82, 2.24) is 9.21 Å². The Hall–Kier alpha value is -0.670. The molecule has 2 rings (SSSR count). The first-order valence-electron chi connectivity index (χ1n) is 7.59. The summed E-state index contributed by atoms with van der Waals surface area (Å²) >= 11 is 6.92. The molecule has 0 radical (unpaired) electrons. The Morgan fingerprint density at radius 1 is 1.22 bits per heavy atom. The highest BCUT2D eigenvalue weighted by molar-refractivity contribution is 7.91. The Kier molecular flexibility index (Phi) is 6.84. The Labute approximate surface area is 145 Å². The summed E-state index contributed by atoms with van der Waals surface area (Å²) in [4.78, 5) is 12.7. The number of rotatable bonds is 7. The quantitative estimate of drug-likeness (QED) is 0.734. The van der Waals surface area contributed by atoms with Crippen molar-refractivity contribution in [3.8, 4) is 0 Å². The molecule has 1 aromatic rings. The number of hydrogen-bond acceptors (Lipinski definition) is 5. The average molecular weight is 381 g/mol. The standard InChI is InChI=1S/C14H21ClN2O4S2/c15-12-5-6-14(22-12)23(20,21)17-9-3-8-16(10-11-17)7-2-1-4-13(18)19/h5-6H,1-4,7-11H2,(H,18,19). The van der Waals surface area contributed by atoms with Crippen molar-refractivity contribution < 1.29 is 18.3 Å². The Morgan fingerprint density at radius 3 is 2.65 bits per heavy atom. The molecule has 0 saturated carbocycles. The molecule has 1 N–H and O–H groups in total. The van der Waals surface area contributed by atoms with E-state index in [-0.39, 0.29) is 10.6 Å². The number of aliphatic carboxylic acids is 1. The van der Waals surface area contributed by atoms with E-state index in [1.54, 1.807) is 12.1 Å². The van der Waals surface area contributed by atoms with Gasteiger partial charge in [0, 0.05) is 26.1 Å². The second-order valence-electron chi connectivity index (χ2n) is 5.51. The number of sulfonamides is 1. The molecule has 1 aliphatic heterocycles. The molecule has 0 aromatic carbocycles. The van der Waals surface area contributed by atoms with Crippen molar-refractivity contribution in [2.75, 3.05) is 32.7 Å². The van der Waals surface area contributed by atoms with Gasteiger partial charge in [-0.3, -0.25) is 4.79 Å². The lowest BCUT2D eigenvalue weighted by Gasteiger charge is -2.21. The van der Waals surface area contributed by atoms with Gasteiger partial charge < -0.3 is 10.0 Å². The second-order valence-corrected chi connectivity index (χ2v) is 9.39. The number of carbonyl (C=O) groups is 1. The third-order valence-corrected chi connectivity index (χ3v) is 7.40. The minimum atomic E-state index is -3.46. The summed E-state index contributed by atoms with van der Waals surface area (Å²) in [5, 5.41) is 8.63. The van der Waals surface area contributed by atoms with E-state index in [0.29, 0.717) is 30.4 Å². The number of unbranched alkanes of at least 4 members (excludes halogenated alkanes) is 1. The zero-order valence-electron chi connectivity index (χ0n) is 12.8. The van der Waals surface area contributed by atoms with Crippen molar-refractivity contribution in [2.24, 2.45) is 0 Å². The molecule has 1 aliphatic rings. The maximum Gasteiger partial charge on any atom is 0.303 e.